The molecule has 0 radical (unpaired) electrons. The third kappa shape index (κ3) is 6.10. The molecule has 0 fully saturated rings. The van der Waals surface area contributed by atoms with Gasteiger partial charge in [0.1, 0.15) is 19.0 Å². The van der Waals surface area contributed by atoms with Gasteiger partial charge in [-0.05, 0) is 36.8 Å². The van der Waals surface area contributed by atoms with Crippen molar-refractivity contribution in [3.8, 4) is 5.75 Å². The highest BCUT2D eigenvalue weighted by Crippen LogP contribution is 2.15. The van der Waals surface area contributed by atoms with Crippen LogP contribution < -0.4 is 4.74 Å². The maximum Gasteiger partial charge on any atom is 0.411 e. The Labute approximate surface area is 108 Å². The zero-order valence-electron chi connectivity index (χ0n) is 10.3. The minimum absolute atomic E-state index is 0.0303. The molecule has 0 aromatic heterocycles. The van der Waals surface area contributed by atoms with Gasteiger partial charge in [0.25, 0.3) is 0 Å². The minimum Gasteiger partial charge on any atom is -0.491 e. The van der Waals surface area contributed by atoms with Gasteiger partial charge in [-0.15, -0.1) is 0 Å². The number of rotatable bonds is 6. The van der Waals surface area contributed by atoms with E-state index in [2.05, 4.69) is 9.89 Å². The number of hydrogen-bond acceptors (Lipinski definition) is 4. The molecule has 0 unspecified atom stereocenters. The molecule has 106 valence electrons. The van der Waals surface area contributed by atoms with Gasteiger partial charge in [0, 0.05) is 0 Å². The van der Waals surface area contributed by atoms with E-state index in [-0.39, 0.29) is 13.2 Å². The Balaban J connectivity index is 2.31. The largest absolute Gasteiger partial charge is 0.491 e. The number of alkyl halides is 3. The monoisotopic (exact) mass is 277 g/mol. The summed E-state index contributed by atoms with van der Waals surface area (Å²) < 4.78 is 44.9. The Bertz CT molecular complexity index is 415. The molecule has 0 spiro atoms. The Morgan fingerprint density at radius 3 is 2.37 bits per heavy atom. The zero-order valence-corrected chi connectivity index (χ0v) is 10.3. The summed E-state index contributed by atoms with van der Waals surface area (Å²) >= 11 is 0. The maximum atomic E-state index is 11.8. The van der Waals surface area contributed by atoms with Crippen molar-refractivity contribution in [2.45, 2.75) is 13.1 Å². The van der Waals surface area contributed by atoms with Crippen LogP contribution in [0.3, 0.4) is 0 Å². The molecule has 1 rings (SSSR count). The van der Waals surface area contributed by atoms with Crippen molar-refractivity contribution < 1.29 is 27.9 Å². The van der Waals surface area contributed by atoms with Crippen molar-refractivity contribution in [3.63, 3.8) is 0 Å². The Morgan fingerprint density at radius 2 is 1.84 bits per heavy atom. The molecule has 0 aliphatic heterocycles. The molecule has 4 nitrogen and oxygen atoms in total. The van der Waals surface area contributed by atoms with Crippen LogP contribution in [0, 0.1) is 0 Å². The van der Waals surface area contributed by atoms with E-state index in [9.17, 15) is 13.2 Å². The molecule has 0 heterocycles. The van der Waals surface area contributed by atoms with Crippen LogP contribution in [0.4, 0.5) is 13.2 Å². The quantitative estimate of drug-likeness (QED) is 0.376. The average molecular weight is 277 g/mol. The molecule has 0 saturated heterocycles. The third-order valence-electron chi connectivity index (χ3n) is 2.18. The molecule has 0 aliphatic carbocycles. The first-order valence-corrected chi connectivity index (χ1v) is 5.49. The van der Waals surface area contributed by atoms with E-state index >= 15 is 0 Å². The SMILES string of the molecule is CC(=NO)c1ccc(OCCOCC(F)(F)F)cc1. The van der Waals surface area contributed by atoms with Gasteiger partial charge >= 0.3 is 6.18 Å². The highest BCUT2D eigenvalue weighted by molar-refractivity contribution is 5.98. The van der Waals surface area contributed by atoms with Crippen molar-refractivity contribution in [2.75, 3.05) is 19.8 Å². The molecule has 0 atom stereocenters. The fourth-order valence-corrected chi connectivity index (χ4v) is 1.26. The minimum atomic E-state index is -4.32. The second-order valence-corrected chi connectivity index (χ2v) is 3.73. The first-order valence-electron chi connectivity index (χ1n) is 5.49. The zero-order chi connectivity index (χ0) is 14.3. The average Bonchev–Trinajstić information content (AvgIpc) is 2.37. The van der Waals surface area contributed by atoms with Crippen molar-refractivity contribution >= 4 is 5.71 Å². The lowest BCUT2D eigenvalue weighted by Crippen LogP contribution is -2.19. The maximum absolute atomic E-state index is 11.8. The van der Waals surface area contributed by atoms with Crippen LogP contribution in [-0.2, 0) is 4.74 Å². The van der Waals surface area contributed by atoms with Gasteiger partial charge in [0.05, 0.1) is 12.3 Å². The number of benzene rings is 1. The fraction of sp³-hybridized carbons (Fsp3) is 0.417. The van der Waals surface area contributed by atoms with Crippen LogP contribution in [0.15, 0.2) is 29.4 Å². The van der Waals surface area contributed by atoms with E-state index in [0.29, 0.717) is 11.5 Å². The highest BCUT2D eigenvalue weighted by Gasteiger charge is 2.27. The fourth-order valence-electron chi connectivity index (χ4n) is 1.26. The second kappa shape index (κ2) is 6.98. The number of hydrogen-bond donors (Lipinski definition) is 1. The summed E-state index contributed by atoms with van der Waals surface area (Å²) in [5.41, 5.74) is 1.18. The lowest BCUT2D eigenvalue weighted by atomic mass is 10.1. The van der Waals surface area contributed by atoms with Crippen LogP contribution in [0.1, 0.15) is 12.5 Å². The Morgan fingerprint density at radius 1 is 1.21 bits per heavy atom. The first-order chi connectivity index (χ1) is 8.92. The molecule has 0 saturated carbocycles. The van der Waals surface area contributed by atoms with Crippen molar-refractivity contribution in [3.05, 3.63) is 29.8 Å². The summed E-state index contributed by atoms with van der Waals surface area (Å²) in [6.07, 6.45) is -4.32. The summed E-state index contributed by atoms with van der Waals surface area (Å²) in [5.74, 6) is 0.505. The molecular formula is C12H14F3NO3. The first kappa shape index (κ1) is 15.3. The van der Waals surface area contributed by atoms with Gasteiger partial charge in [0.2, 0.25) is 0 Å². The van der Waals surface area contributed by atoms with Crippen molar-refractivity contribution in [1.29, 1.82) is 0 Å². The number of oxime groups is 1. The molecule has 19 heavy (non-hydrogen) atoms. The van der Waals surface area contributed by atoms with E-state index < -0.39 is 12.8 Å². The standard InChI is InChI=1S/C12H14F3NO3/c1-9(16-17)10-2-4-11(5-3-10)19-7-6-18-8-12(13,14)15/h2-5,17H,6-8H2,1H3. The Hall–Kier alpha value is -1.76. The highest BCUT2D eigenvalue weighted by atomic mass is 19.4. The van der Waals surface area contributed by atoms with E-state index in [1.165, 1.54) is 0 Å². The molecule has 0 bridgehead atoms. The van der Waals surface area contributed by atoms with Gasteiger partial charge in [-0.1, -0.05) is 5.16 Å². The van der Waals surface area contributed by atoms with Crippen LogP contribution >= 0.6 is 0 Å². The van der Waals surface area contributed by atoms with Crippen LogP contribution in [-0.4, -0.2) is 36.9 Å². The van der Waals surface area contributed by atoms with Crippen molar-refractivity contribution in [2.24, 2.45) is 5.16 Å². The van der Waals surface area contributed by atoms with E-state index in [4.69, 9.17) is 9.94 Å². The van der Waals surface area contributed by atoms with Crippen LogP contribution in [0.25, 0.3) is 0 Å². The summed E-state index contributed by atoms with van der Waals surface area (Å²) in [6, 6.07) is 6.63. The normalized spacial score (nSPS) is 12.5. The molecule has 1 N–H and O–H groups in total. The topological polar surface area (TPSA) is 51.1 Å². The number of halogens is 3. The summed E-state index contributed by atoms with van der Waals surface area (Å²) in [7, 11) is 0. The number of ether oxygens (including phenoxy) is 2. The third-order valence-corrected chi connectivity index (χ3v) is 2.18. The molecule has 1 aromatic carbocycles. The summed E-state index contributed by atoms with van der Waals surface area (Å²) in [5, 5.41) is 11.6. The van der Waals surface area contributed by atoms with Crippen molar-refractivity contribution in [1.82, 2.24) is 0 Å². The van der Waals surface area contributed by atoms with Gasteiger partial charge in [-0.3, -0.25) is 0 Å². The molecule has 7 heteroatoms. The van der Waals surface area contributed by atoms with Crippen LogP contribution in [0.2, 0.25) is 0 Å². The van der Waals surface area contributed by atoms with Gasteiger partial charge in [-0.25, -0.2) is 0 Å². The molecule has 0 amide bonds. The van der Waals surface area contributed by atoms with Gasteiger partial charge < -0.3 is 14.7 Å². The lowest BCUT2D eigenvalue weighted by molar-refractivity contribution is -0.175. The van der Waals surface area contributed by atoms with Gasteiger partial charge in [-0.2, -0.15) is 13.2 Å². The summed E-state index contributed by atoms with van der Waals surface area (Å²) in [6.45, 7) is 0.253. The van der Waals surface area contributed by atoms with E-state index in [1.54, 1.807) is 31.2 Å². The number of nitrogens with zero attached hydrogens (tertiary/aromatic N) is 1. The second-order valence-electron chi connectivity index (χ2n) is 3.73. The predicted octanol–water partition coefficient (Wildman–Crippen LogP) is 2.84. The molecule has 1 aromatic rings. The Kier molecular flexibility index (Phi) is 5.62. The molecular weight excluding hydrogens is 263 g/mol. The van der Waals surface area contributed by atoms with E-state index in [1.807, 2.05) is 0 Å². The van der Waals surface area contributed by atoms with Crippen LogP contribution in [0.5, 0.6) is 5.75 Å². The smallest absolute Gasteiger partial charge is 0.411 e. The lowest BCUT2D eigenvalue weighted by Gasteiger charge is -2.09. The molecule has 0 aliphatic rings. The van der Waals surface area contributed by atoms with E-state index in [0.717, 1.165) is 5.56 Å². The predicted molar refractivity (Wildman–Crippen MR) is 62.8 cm³/mol. The summed E-state index contributed by atoms with van der Waals surface area (Å²) in [4.78, 5) is 0. The van der Waals surface area contributed by atoms with Gasteiger partial charge in [0.15, 0.2) is 0 Å².